The normalized spacial score (nSPS) is 18.9. The number of thiazole rings is 1. The van der Waals surface area contributed by atoms with Crippen molar-refractivity contribution in [3.63, 3.8) is 0 Å². The summed E-state index contributed by atoms with van der Waals surface area (Å²) < 4.78 is 37.7. The molecule has 1 saturated heterocycles. The molecule has 1 atom stereocenters. The first-order chi connectivity index (χ1) is 11.4. The highest BCUT2D eigenvalue weighted by atomic mass is 127. The molecular formula is C15H25F3IN5S. The van der Waals surface area contributed by atoms with Crippen LogP contribution in [-0.2, 0) is 12.7 Å². The monoisotopic (exact) mass is 491 g/mol. The molecule has 0 radical (unpaired) electrons. The number of likely N-dealkylation sites (N-methyl/N-ethyl adjacent to an activating group) is 1. The van der Waals surface area contributed by atoms with E-state index < -0.39 is 11.9 Å². The second-order valence-corrected chi connectivity index (χ2v) is 6.57. The van der Waals surface area contributed by atoms with Crippen LogP contribution in [0, 0.1) is 0 Å². The zero-order valence-corrected chi connectivity index (χ0v) is 17.5. The molecule has 0 aliphatic carbocycles. The summed E-state index contributed by atoms with van der Waals surface area (Å²) in [7, 11) is 0. The van der Waals surface area contributed by atoms with Crippen molar-refractivity contribution in [1.29, 1.82) is 0 Å². The third kappa shape index (κ3) is 6.89. The minimum atomic E-state index is -4.40. The molecule has 2 N–H and O–H groups in total. The van der Waals surface area contributed by atoms with E-state index in [4.69, 9.17) is 0 Å². The maximum atomic E-state index is 12.6. The Hall–Kier alpha value is -0.620. The largest absolute Gasteiger partial charge is 0.434 e. The molecule has 5 nitrogen and oxygen atoms in total. The van der Waals surface area contributed by atoms with Gasteiger partial charge < -0.3 is 10.6 Å². The fraction of sp³-hybridized carbons (Fsp3) is 0.733. The molecule has 1 aliphatic rings. The molecule has 25 heavy (non-hydrogen) atoms. The molecule has 2 heterocycles. The summed E-state index contributed by atoms with van der Waals surface area (Å²) >= 11 is 0.982. The van der Waals surface area contributed by atoms with Crippen LogP contribution in [0.4, 0.5) is 13.2 Å². The molecule has 0 aromatic carbocycles. The Morgan fingerprint density at radius 2 is 2.16 bits per heavy atom. The van der Waals surface area contributed by atoms with E-state index in [0.717, 1.165) is 42.8 Å². The van der Waals surface area contributed by atoms with Crippen LogP contribution in [0.15, 0.2) is 10.4 Å². The van der Waals surface area contributed by atoms with Gasteiger partial charge in [0, 0.05) is 24.5 Å². The van der Waals surface area contributed by atoms with Crippen LogP contribution >= 0.6 is 35.3 Å². The fourth-order valence-electron chi connectivity index (χ4n) is 2.76. The average Bonchev–Trinajstić information content (AvgIpc) is 3.18. The van der Waals surface area contributed by atoms with Gasteiger partial charge >= 0.3 is 6.18 Å². The summed E-state index contributed by atoms with van der Waals surface area (Å²) in [6.07, 6.45) is -2.04. The van der Waals surface area contributed by atoms with Crippen molar-refractivity contribution in [2.45, 2.75) is 45.5 Å². The molecule has 0 amide bonds. The number of rotatable bonds is 6. The van der Waals surface area contributed by atoms with Gasteiger partial charge in [0.15, 0.2) is 11.7 Å². The average molecular weight is 491 g/mol. The Bertz CT molecular complexity index is 550. The summed E-state index contributed by atoms with van der Waals surface area (Å²) in [5.41, 5.74) is -0.847. The van der Waals surface area contributed by atoms with Gasteiger partial charge in [0.1, 0.15) is 5.01 Å². The number of halogens is 4. The van der Waals surface area contributed by atoms with E-state index in [0.29, 0.717) is 23.6 Å². The van der Waals surface area contributed by atoms with Crippen molar-refractivity contribution in [3.05, 3.63) is 16.1 Å². The van der Waals surface area contributed by atoms with Gasteiger partial charge in [0.2, 0.25) is 0 Å². The van der Waals surface area contributed by atoms with E-state index in [1.807, 2.05) is 6.92 Å². The van der Waals surface area contributed by atoms with E-state index in [-0.39, 0.29) is 30.5 Å². The summed E-state index contributed by atoms with van der Waals surface area (Å²) in [4.78, 5) is 10.4. The lowest BCUT2D eigenvalue weighted by molar-refractivity contribution is -0.140. The number of likely N-dealkylation sites (tertiary alicyclic amines) is 1. The number of nitrogens with one attached hydrogen (secondary N) is 2. The minimum Gasteiger partial charge on any atom is -0.357 e. The number of nitrogens with zero attached hydrogens (tertiary/aromatic N) is 3. The lowest BCUT2D eigenvalue weighted by Gasteiger charge is -2.23. The maximum Gasteiger partial charge on any atom is 0.434 e. The molecule has 1 fully saturated rings. The Balaban J connectivity index is 0.00000312. The van der Waals surface area contributed by atoms with E-state index in [1.165, 1.54) is 6.42 Å². The second-order valence-electron chi connectivity index (χ2n) is 5.62. The molecule has 0 bridgehead atoms. The molecule has 144 valence electrons. The minimum absolute atomic E-state index is 0. The number of alkyl halides is 3. The fourth-order valence-corrected chi connectivity index (χ4v) is 3.48. The van der Waals surface area contributed by atoms with Crippen LogP contribution in [-0.4, -0.2) is 48.1 Å². The molecule has 0 saturated carbocycles. The third-order valence-corrected chi connectivity index (χ3v) is 4.80. The van der Waals surface area contributed by atoms with E-state index in [2.05, 4.69) is 32.4 Å². The quantitative estimate of drug-likeness (QED) is 0.365. The van der Waals surface area contributed by atoms with Gasteiger partial charge in [-0.3, -0.25) is 4.90 Å². The van der Waals surface area contributed by atoms with Gasteiger partial charge in [-0.15, -0.1) is 35.3 Å². The van der Waals surface area contributed by atoms with Crippen LogP contribution in [0.5, 0.6) is 0 Å². The summed E-state index contributed by atoms with van der Waals surface area (Å²) in [6.45, 7) is 7.87. The van der Waals surface area contributed by atoms with Crippen molar-refractivity contribution in [3.8, 4) is 0 Å². The van der Waals surface area contributed by atoms with Crippen LogP contribution in [0.1, 0.15) is 37.4 Å². The first kappa shape index (κ1) is 22.4. The Morgan fingerprint density at radius 1 is 1.40 bits per heavy atom. The van der Waals surface area contributed by atoms with Crippen molar-refractivity contribution in [2.75, 3.05) is 26.2 Å². The Kier molecular flexibility index (Phi) is 9.43. The van der Waals surface area contributed by atoms with Gasteiger partial charge in [-0.05, 0) is 32.9 Å². The standard InChI is InChI=1S/C15H24F3N5S.HI/c1-3-19-14(20-8-11-6-5-7-23(11)4-2)21-9-13-22-12(10-24-13)15(16,17)18;/h10-11H,3-9H2,1-2H3,(H2,19,20,21);1H. The van der Waals surface area contributed by atoms with Gasteiger partial charge in [0.25, 0.3) is 0 Å². The number of aromatic nitrogens is 1. The number of hydrogen-bond donors (Lipinski definition) is 2. The van der Waals surface area contributed by atoms with E-state index in [9.17, 15) is 13.2 Å². The van der Waals surface area contributed by atoms with Crippen molar-refractivity contribution in [1.82, 2.24) is 20.5 Å². The van der Waals surface area contributed by atoms with Crippen LogP contribution in [0.3, 0.4) is 0 Å². The molecular weight excluding hydrogens is 466 g/mol. The summed E-state index contributed by atoms with van der Waals surface area (Å²) in [5, 5.41) is 7.80. The number of guanidine groups is 1. The predicted molar refractivity (Wildman–Crippen MR) is 106 cm³/mol. The highest BCUT2D eigenvalue weighted by Crippen LogP contribution is 2.30. The lowest BCUT2D eigenvalue weighted by Crippen LogP contribution is -2.44. The second kappa shape index (κ2) is 10.5. The van der Waals surface area contributed by atoms with Crippen molar-refractivity contribution < 1.29 is 13.2 Å². The molecule has 1 aromatic heterocycles. The molecule has 10 heteroatoms. The maximum absolute atomic E-state index is 12.6. The third-order valence-electron chi connectivity index (χ3n) is 3.97. The van der Waals surface area contributed by atoms with Gasteiger partial charge in [-0.25, -0.2) is 9.98 Å². The first-order valence-corrected chi connectivity index (χ1v) is 9.09. The van der Waals surface area contributed by atoms with Crippen LogP contribution in [0.25, 0.3) is 0 Å². The highest BCUT2D eigenvalue weighted by molar-refractivity contribution is 14.0. The molecule has 0 spiro atoms. The summed E-state index contributed by atoms with van der Waals surface area (Å²) in [6, 6.07) is 0.482. The molecule has 1 unspecified atom stereocenters. The topological polar surface area (TPSA) is 52.6 Å². The molecule has 1 aliphatic heterocycles. The van der Waals surface area contributed by atoms with E-state index in [1.54, 1.807) is 0 Å². The molecule has 2 rings (SSSR count). The zero-order valence-electron chi connectivity index (χ0n) is 14.4. The smallest absolute Gasteiger partial charge is 0.357 e. The Labute approximate surface area is 167 Å². The number of aliphatic imine (C=N–C) groups is 1. The van der Waals surface area contributed by atoms with Gasteiger partial charge in [0.05, 0.1) is 6.54 Å². The zero-order chi connectivity index (χ0) is 17.6. The predicted octanol–water partition coefficient (Wildman–Crippen LogP) is 3.32. The lowest BCUT2D eigenvalue weighted by atomic mass is 10.2. The van der Waals surface area contributed by atoms with Crippen molar-refractivity contribution in [2.24, 2.45) is 4.99 Å². The van der Waals surface area contributed by atoms with Crippen LogP contribution in [0.2, 0.25) is 0 Å². The van der Waals surface area contributed by atoms with E-state index >= 15 is 0 Å². The van der Waals surface area contributed by atoms with Gasteiger partial charge in [-0.2, -0.15) is 13.2 Å². The van der Waals surface area contributed by atoms with Gasteiger partial charge in [-0.1, -0.05) is 6.92 Å². The van der Waals surface area contributed by atoms with Crippen LogP contribution < -0.4 is 10.6 Å². The van der Waals surface area contributed by atoms with Crippen molar-refractivity contribution >= 4 is 41.3 Å². The summed E-state index contributed by atoms with van der Waals surface area (Å²) in [5.74, 6) is 0.615. The first-order valence-electron chi connectivity index (χ1n) is 8.21. The molecule has 1 aromatic rings. The number of hydrogen-bond acceptors (Lipinski definition) is 4. The highest BCUT2D eigenvalue weighted by Gasteiger charge is 2.33. The Morgan fingerprint density at radius 3 is 2.76 bits per heavy atom. The SMILES string of the molecule is CCNC(=NCc1nc(C(F)(F)F)cs1)NCC1CCCN1CC.I.